The van der Waals surface area contributed by atoms with Crippen LogP contribution in [0.3, 0.4) is 0 Å². The van der Waals surface area contributed by atoms with Crippen molar-refractivity contribution in [2.45, 2.75) is 19.4 Å². The minimum atomic E-state index is -0.283. The fraction of sp³-hybridized carbons (Fsp3) is 0.250. The first-order valence-electron chi connectivity index (χ1n) is 7.21. The van der Waals surface area contributed by atoms with Crippen LogP contribution >= 0.6 is 22.7 Å². The number of nitrogens with two attached hydrogens (primary N) is 1. The summed E-state index contributed by atoms with van der Waals surface area (Å²) in [4.78, 5) is 18.6. The molecule has 112 valence electrons. The Morgan fingerprint density at radius 3 is 3.00 bits per heavy atom. The van der Waals surface area contributed by atoms with Crippen LogP contribution in [-0.2, 0) is 24.2 Å². The Balaban J connectivity index is 1.91. The van der Waals surface area contributed by atoms with Crippen LogP contribution in [0, 0.1) is 0 Å². The third-order valence-corrected chi connectivity index (χ3v) is 6.13. The molecule has 0 unspecified atom stereocenters. The smallest absolute Gasteiger partial charge is 0.222 e. The number of nitrogens with zero attached hydrogens (tertiary/aromatic N) is 1. The van der Waals surface area contributed by atoms with Crippen LogP contribution in [0.15, 0.2) is 24.3 Å². The summed E-state index contributed by atoms with van der Waals surface area (Å²) in [5.74, 6) is -0.283. The van der Waals surface area contributed by atoms with Gasteiger partial charge in [0.2, 0.25) is 5.91 Å². The Bertz CT molecular complexity index is 833. The van der Waals surface area contributed by atoms with E-state index in [1.807, 2.05) is 18.2 Å². The van der Waals surface area contributed by atoms with E-state index in [9.17, 15) is 4.79 Å². The van der Waals surface area contributed by atoms with Gasteiger partial charge >= 0.3 is 0 Å². The van der Waals surface area contributed by atoms with E-state index in [4.69, 9.17) is 10.7 Å². The molecule has 1 amide bonds. The number of carbonyl (C=O) groups is 1. The number of hydrogen-bond donors (Lipinski definition) is 2. The van der Waals surface area contributed by atoms with Crippen LogP contribution in [0.4, 0.5) is 0 Å². The van der Waals surface area contributed by atoms with Crippen molar-refractivity contribution in [1.29, 1.82) is 0 Å². The van der Waals surface area contributed by atoms with Gasteiger partial charge in [0.05, 0.1) is 16.6 Å². The number of hydrogen-bond acceptors (Lipinski definition) is 5. The molecule has 0 fully saturated rings. The number of fused-ring (bicyclic) bond motifs is 2. The molecule has 6 heteroatoms. The van der Waals surface area contributed by atoms with Gasteiger partial charge in [0.15, 0.2) is 0 Å². The zero-order chi connectivity index (χ0) is 15.1. The summed E-state index contributed by atoms with van der Waals surface area (Å²) in [5, 5.41) is 4.40. The van der Waals surface area contributed by atoms with E-state index in [0.29, 0.717) is 6.42 Å². The minimum absolute atomic E-state index is 0.283. The van der Waals surface area contributed by atoms with E-state index < -0.39 is 0 Å². The molecule has 4 nitrogen and oxygen atoms in total. The highest BCUT2D eigenvalue weighted by Crippen LogP contribution is 2.41. The molecule has 22 heavy (non-hydrogen) atoms. The lowest BCUT2D eigenvalue weighted by Gasteiger charge is -2.13. The van der Waals surface area contributed by atoms with Gasteiger partial charge in [-0.2, -0.15) is 0 Å². The quantitative estimate of drug-likeness (QED) is 0.776. The lowest BCUT2D eigenvalue weighted by Crippen LogP contribution is -2.22. The number of carbonyl (C=O) groups excluding carboxylic acids is 1. The summed E-state index contributed by atoms with van der Waals surface area (Å²) in [7, 11) is 0. The zero-order valence-corrected chi connectivity index (χ0v) is 13.5. The van der Waals surface area contributed by atoms with Crippen LogP contribution in [0.5, 0.6) is 0 Å². The second kappa shape index (κ2) is 5.46. The van der Waals surface area contributed by atoms with Gasteiger partial charge in [-0.05, 0) is 30.7 Å². The van der Waals surface area contributed by atoms with Crippen molar-refractivity contribution in [2.75, 3.05) is 6.54 Å². The number of aromatic nitrogens is 1. The second-order valence-corrected chi connectivity index (χ2v) is 7.58. The maximum atomic E-state index is 11.4. The van der Waals surface area contributed by atoms with Crippen molar-refractivity contribution in [2.24, 2.45) is 5.73 Å². The van der Waals surface area contributed by atoms with Gasteiger partial charge in [-0.25, -0.2) is 4.98 Å². The van der Waals surface area contributed by atoms with Crippen molar-refractivity contribution in [3.05, 3.63) is 39.6 Å². The Hall–Kier alpha value is -1.76. The minimum Gasteiger partial charge on any atom is -0.369 e. The van der Waals surface area contributed by atoms with Gasteiger partial charge in [-0.15, -0.1) is 22.7 Å². The molecule has 0 atom stereocenters. The van der Waals surface area contributed by atoms with Crippen LogP contribution in [0.25, 0.3) is 20.8 Å². The third-order valence-electron chi connectivity index (χ3n) is 3.84. The normalized spacial score (nSPS) is 14.2. The average Bonchev–Trinajstić information content (AvgIpc) is 3.06. The summed E-state index contributed by atoms with van der Waals surface area (Å²) >= 11 is 3.39. The van der Waals surface area contributed by atoms with Crippen LogP contribution < -0.4 is 11.1 Å². The SMILES string of the molecule is NC(=O)Cc1sc2c(c1-c1nc3ccccc3s1)CCNC2. The van der Waals surface area contributed by atoms with Crippen LogP contribution in [0.2, 0.25) is 0 Å². The summed E-state index contributed by atoms with van der Waals surface area (Å²) in [6, 6.07) is 8.15. The third kappa shape index (κ3) is 2.33. The number of benzene rings is 1. The van der Waals surface area contributed by atoms with E-state index in [2.05, 4.69) is 11.4 Å². The fourth-order valence-corrected chi connectivity index (χ4v) is 5.37. The summed E-state index contributed by atoms with van der Waals surface area (Å²) in [5.41, 5.74) is 8.96. The Kier molecular flexibility index (Phi) is 3.44. The molecule has 0 saturated carbocycles. The summed E-state index contributed by atoms with van der Waals surface area (Å²) < 4.78 is 1.18. The van der Waals surface area contributed by atoms with Crippen molar-refractivity contribution in [3.63, 3.8) is 0 Å². The Morgan fingerprint density at radius 2 is 2.18 bits per heavy atom. The van der Waals surface area contributed by atoms with E-state index >= 15 is 0 Å². The molecule has 1 aromatic carbocycles. The molecule has 1 aliphatic rings. The first-order valence-corrected chi connectivity index (χ1v) is 8.84. The van der Waals surface area contributed by atoms with Gasteiger partial charge in [-0.3, -0.25) is 4.79 Å². The monoisotopic (exact) mass is 329 g/mol. The van der Waals surface area contributed by atoms with Gasteiger partial charge in [-0.1, -0.05) is 12.1 Å². The predicted octanol–water partition coefficient (Wildman–Crippen LogP) is 2.70. The van der Waals surface area contributed by atoms with E-state index in [1.54, 1.807) is 22.7 Å². The van der Waals surface area contributed by atoms with E-state index in [1.165, 1.54) is 15.1 Å². The molecule has 3 N–H and O–H groups in total. The summed E-state index contributed by atoms with van der Waals surface area (Å²) in [6.45, 7) is 1.84. The lowest BCUT2D eigenvalue weighted by molar-refractivity contribution is -0.117. The van der Waals surface area contributed by atoms with E-state index in [-0.39, 0.29) is 5.91 Å². The predicted molar refractivity (Wildman–Crippen MR) is 91.2 cm³/mol. The molecule has 0 radical (unpaired) electrons. The van der Waals surface area contributed by atoms with Crippen molar-refractivity contribution in [1.82, 2.24) is 10.3 Å². The number of thiazole rings is 1. The molecular weight excluding hydrogens is 314 g/mol. The maximum Gasteiger partial charge on any atom is 0.222 e. The molecule has 3 heterocycles. The van der Waals surface area contributed by atoms with Crippen LogP contribution in [0.1, 0.15) is 15.3 Å². The maximum absolute atomic E-state index is 11.4. The molecular formula is C16H15N3OS2. The Morgan fingerprint density at radius 1 is 1.32 bits per heavy atom. The molecule has 0 bridgehead atoms. The standard InChI is InChI=1S/C16H15N3OS2/c17-14(20)7-12-15(9-5-6-18-8-13(9)21-12)16-19-10-3-1-2-4-11(10)22-16/h1-4,18H,5-8H2,(H2,17,20). The van der Waals surface area contributed by atoms with Crippen molar-refractivity contribution in [3.8, 4) is 10.6 Å². The number of para-hydroxylation sites is 1. The molecule has 3 aromatic rings. The molecule has 2 aromatic heterocycles. The average molecular weight is 329 g/mol. The molecule has 0 spiro atoms. The first kappa shape index (κ1) is 13.9. The molecule has 1 aliphatic heterocycles. The second-order valence-electron chi connectivity index (χ2n) is 5.36. The van der Waals surface area contributed by atoms with Gasteiger partial charge in [0.1, 0.15) is 5.01 Å². The lowest BCUT2D eigenvalue weighted by atomic mass is 10.0. The highest BCUT2D eigenvalue weighted by Gasteiger charge is 2.24. The highest BCUT2D eigenvalue weighted by molar-refractivity contribution is 7.22. The fourth-order valence-electron chi connectivity index (χ4n) is 2.90. The number of nitrogens with one attached hydrogen (secondary N) is 1. The topological polar surface area (TPSA) is 68.0 Å². The van der Waals surface area contributed by atoms with Crippen molar-refractivity contribution >= 4 is 38.8 Å². The number of amides is 1. The summed E-state index contributed by atoms with van der Waals surface area (Å²) in [6.07, 6.45) is 1.28. The number of thiophene rings is 1. The first-order chi connectivity index (χ1) is 10.7. The van der Waals surface area contributed by atoms with Gasteiger partial charge < -0.3 is 11.1 Å². The molecule has 0 saturated heterocycles. The largest absolute Gasteiger partial charge is 0.369 e. The Labute approximate surface area is 136 Å². The number of primary amides is 1. The van der Waals surface area contributed by atoms with Crippen LogP contribution in [-0.4, -0.2) is 17.4 Å². The highest BCUT2D eigenvalue weighted by atomic mass is 32.1. The molecule has 4 rings (SSSR count). The molecule has 0 aliphatic carbocycles. The van der Waals surface area contributed by atoms with Gasteiger partial charge in [0, 0.05) is 21.9 Å². The zero-order valence-electron chi connectivity index (χ0n) is 11.9. The number of rotatable bonds is 3. The van der Waals surface area contributed by atoms with E-state index in [0.717, 1.165) is 40.5 Å². The van der Waals surface area contributed by atoms with Gasteiger partial charge in [0.25, 0.3) is 0 Å². The van der Waals surface area contributed by atoms with Crippen molar-refractivity contribution < 1.29 is 4.79 Å².